The average Bonchev–Trinajstić information content (AvgIpc) is 3.09. The summed E-state index contributed by atoms with van der Waals surface area (Å²) in [5.74, 6) is 3.09. The number of ether oxygens (including phenoxy) is 1. The Morgan fingerprint density at radius 1 is 1.15 bits per heavy atom. The van der Waals surface area contributed by atoms with Gasteiger partial charge in [0.25, 0.3) is 0 Å². The molecular weight excluding hydrogens is 364 g/mol. The lowest BCUT2D eigenvalue weighted by Gasteiger charge is -2.37. The van der Waals surface area contributed by atoms with E-state index in [2.05, 4.69) is 23.1 Å². The summed E-state index contributed by atoms with van der Waals surface area (Å²) in [6, 6.07) is 0.496. The fourth-order valence-electron chi connectivity index (χ4n) is 3.59. The van der Waals surface area contributed by atoms with E-state index in [1.165, 1.54) is 16.3 Å². The average molecular weight is 400 g/mol. The van der Waals surface area contributed by atoms with Crippen LogP contribution in [0.4, 0.5) is 11.8 Å². The Labute approximate surface area is 166 Å². The van der Waals surface area contributed by atoms with Crippen LogP contribution in [-0.4, -0.2) is 84.8 Å². The maximum Gasteiger partial charge on any atom is 0.228 e. The Bertz CT molecular complexity index is 593. The van der Waals surface area contributed by atoms with Crippen LogP contribution in [0.15, 0.2) is 4.90 Å². The number of anilines is 2. The zero-order valence-electron chi connectivity index (χ0n) is 17.3. The molecule has 4 heterocycles. The molecule has 3 aliphatic heterocycles. The summed E-state index contributed by atoms with van der Waals surface area (Å²) in [5, 5.41) is 16.6. The van der Waals surface area contributed by atoms with Gasteiger partial charge in [0.2, 0.25) is 10.8 Å². The van der Waals surface area contributed by atoms with Crippen LogP contribution in [0.3, 0.4) is 0 Å². The van der Waals surface area contributed by atoms with Crippen molar-refractivity contribution >= 4 is 22.7 Å². The normalized spacial score (nSPS) is 22.0. The molecule has 7 nitrogen and oxygen atoms in total. The molecule has 8 heteroatoms. The molecule has 2 saturated heterocycles. The van der Waals surface area contributed by atoms with Gasteiger partial charge in [0.1, 0.15) is 17.7 Å². The molecule has 0 aliphatic carbocycles. The van der Waals surface area contributed by atoms with Gasteiger partial charge in [-0.2, -0.15) is 4.98 Å². The third-order valence-corrected chi connectivity index (χ3v) is 7.05. The quantitative estimate of drug-likeness (QED) is 0.736. The predicted octanol–water partition coefficient (Wildman–Crippen LogP) is 1.07. The predicted molar refractivity (Wildman–Crippen MR) is 112 cm³/mol. The van der Waals surface area contributed by atoms with Gasteiger partial charge in [-0.25, -0.2) is 4.98 Å². The second-order valence-corrected chi connectivity index (χ2v) is 8.82. The molecular formula is C19H35N4O3S+. The maximum absolute atomic E-state index is 9.58. The standard InChI is InChI=1S/C16H25N4O2S.C2H6.CH4O/c1-19(11-3-6-22-7-4-11)15-14-13(5-8-23(14)2)17-16(18-15)20-9-12(21)10-20;2*1-2/h11-12,21H,3-10H2,1-2H3;1-2H3;2H,1H3/q+1;;. The molecule has 1 unspecified atom stereocenters. The summed E-state index contributed by atoms with van der Waals surface area (Å²) in [6.45, 7) is 6.98. The van der Waals surface area contributed by atoms with E-state index in [9.17, 15) is 5.11 Å². The Morgan fingerprint density at radius 2 is 1.78 bits per heavy atom. The fraction of sp³-hybridized carbons (Fsp3) is 0.789. The van der Waals surface area contributed by atoms with Gasteiger partial charge >= 0.3 is 0 Å². The van der Waals surface area contributed by atoms with Crippen molar-refractivity contribution in [3.05, 3.63) is 5.69 Å². The zero-order chi connectivity index (χ0) is 20.0. The zero-order valence-corrected chi connectivity index (χ0v) is 18.1. The number of aliphatic hydroxyl groups excluding tert-OH is 2. The number of aliphatic hydroxyl groups is 2. The first-order valence-electron chi connectivity index (χ1n) is 9.85. The van der Waals surface area contributed by atoms with Crippen molar-refractivity contribution in [2.24, 2.45) is 0 Å². The molecule has 2 N–H and O–H groups in total. The second kappa shape index (κ2) is 10.5. The van der Waals surface area contributed by atoms with Gasteiger partial charge in [0, 0.05) is 63.8 Å². The summed E-state index contributed by atoms with van der Waals surface area (Å²) < 4.78 is 5.51. The first-order chi connectivity index (χ1) is 13.1. The highest BCUT2D eigenvalue weighted by Crippen LogP contribution is 2.36. The van der Waals surface area contributed by atoms with E-state index >= 15 is 0 Å². The van der Waals surface area contributed by atoms with Crippen LogP contribution in [0.5, 0.6) is 0 Å². The van der Waals surface area contributed by atoms with Crippen molar-refractivity contribution in [1.29, 1.82) is 0 Å². The third kappa shape index (κ3) is 4.85. The largest absolute Gasteiger partial charge is 0.400 e. The van der Waals surface area contributed by atoms with Crippen LogP contribution < -0.4 is 9.80 Å². The minimum Gasteiger partial charge on any atom is -0.400 e. The summed E-state index contributed by atoms with van der Waals surface area (Å²) in [6.07, 6.45) is 5.25. The molecule has 4 rings (SSSR count). The summed E-state index contributed by atoms with van der Waals surface area (Å²) >= 11 is 0. The molecule has 154 valence electrons. The maximum atomic E-state index is 9.58. The topological polar surface area (TPSA) is 82.0 Å². The van der Waals surface area contributed by atoms with Crippen LogP contribution in [0.2, 0.25) is 0 Å². The molecule has 0 saturated carbocycles. The van der Waals surface area contributed by atoms with Crippen LogP contribution in [-0.2, 0) is 22.1 Å². The summed E-state index contributed by atoms with van der Waals surface area (Å²) in [5.41, 5.74) is 1.22. The van der Waals surface area contributed by atoms with Crippen LogP contribution in [0, 0.1) is 0 Å². The first-order valence-corrected chi connectivity index (χ1v) is 11.7. The Kier molecular flexibility index (Phi) is 8.60. The molecule has 1 aromatic heterocycles. The van der Waals surface area contributed by atoms with E-state index in [1.54, 1.807) is 0 Å². The van der Waals surface area contributed by atoms with Crippen molar-refractivity contribution in [1.82, 2.24) is 9.97 Å². The van der Waals surface area contributed by atoms with E-state index in [0.717, 1.165) is 51.4 Å². The molecule has 0 aromatic carbocycles. The lowest BCUT2D eigenvalue weighted by Crippen LogP contribution is -2.51. The van der Waals surface area contributed by atoms with Crippen molar-refractivity contribution in [3.8, 4) is 0 Å². The van der Waals surface area contributed by atoms with Crippen molar-refractivity contribution in [2.45, 2.75) is 50.2 Å². The molecule has 3 aliphatic rings. The Morgan fingerprint density at radius 3 is 2.37 bits per heavy atom. The van der Waals surface area contributed by atoms with Crippen LogP contribution in [0.1, 0.15) is 32.4 Å². The van der Waals surface area contributed by atoms with Gasteiger partial charge in [-0.3, -0.25) is 0 Å². The van der Waals surface area contributed by atoms with Crippen molar-refractivity contribution in [2.75, 3.05) is 62.3 Å². The number of aromatic nitrogens is 2. The number of hydrogen-bond donors (Lipinski definition) is 2. The van der Waals surface area contributed by atoms with Crippen LogP contribution >= 0.6 is 0 Å². The number of β-amino-alcohol motifs (C(OH)–C–C–N with tert-alkyl or cyclic N) is 1. The molecule has 0 amide bonds. The number of nitrogens with zero attached hydrogens (tertiary/aromatic N) is 4. The molecule has 1 atom stereocenters. The minimum absolute atomic E-state index is 0.232. The number of hydrogen-bond acceptors (Lipinski definition) is 7. The Hall–Kier alpha value is -1.09. The molecule has 0 spiro atoms. The third-order valence-electron chi connectivity index (χ3n) is 5.12. The highest BCUT2D eigenvalue weighted by molar-refractivity contribution is 7.96. The van der Waals surface area contributed by atoms with Gasteiger partial charge in [0.05, 0.1) is 6.10 Å². The van der Waals surface area contributed by atoms with Gasteiger partial charge in [0.15, 0.2) is 5.82 Å². The SMILES string of the molecule is CC.CN(c1nc(N2CC(O)C2)nc2c1[S+](C)CC2)C1CCOCC1.CO. The number of fused-ring (bicyclic) bond motifs is 1. The van der Waals surface area contributed by atoms with E-state index in [1.807, 2.05) is 13.8 Å². The van der Waals surface area contributed by atoms with E-state index in [0.29, 0.717) is 19.1 Å². The van der Waals surface area contributed by atoms with Gasteiger partial charge in [-0.1, -0.05) is 13.8 Å². The lowest BCUT2D eigenvalue weighted by atomic mass is 10.1. The van der Waals surface area contributed by atoms with E-state index in [-0.39, 0.29) is 17.0 Å². The molecule has 0 radical (unpaired) electrons. The molecule has 0 bridgehead atoms. The van der Waals surface area contributed by atoms with Gasteiger partial charge in [-0.05, 0) is 12.8 Å². The monoisotopic (exact) mass is 399 g/mol. The number of aryl methyl sites for hydroxylation is 1. The van der Waals surface area contributed by atoms with Crippen molar-refractivity contribution in [3.63, 3.8) is 0 Å². The highest BCUT2D eigenvalue weighted by atomic mass is 32.2. The molecule has 1 aromatic rings. The van der Waals surface area contributed by atoms with E-state index in [4.69, 9.17) is 19.8 Å². The first kappa shape index (κ1) is 22.2. The minimum atomic E-state index is -0.232. The number of rotatable bonds is 3. The summed E-state index contributed by atoms with van der Waals surface area (Å²) in [7, 11) is 3.41. The van der Waals surface area contributed by atoms with Crippen molar-refractivity contribution < 1.29 is 14.9 Å². The lowest BCUT2D eigenvalue weighted by molar-refractivity contribution is 0.0852. The Balaban J connectivity index is 0.000000614. The molecule has 2 fully saturated rings. The second-order valence-electron chi connectivity index (χ2n) is 6.73. The fourth-order valence-corrected chi connectivity index (χ4v) is 5.35. The van der Waals surface area contributed by atoms with Crippen LogP contribution in [0.25, 0.3) is 0 Å². The molecule has 27 heavy (non-hydrogen) atoms. The van der Waals surface area contributed by atoms with Gasteiger partial charge < -0.3 is 24.7 Å². The summed E-state index contributed by atoms with van der Waals surface area (Å²) in [4.78, 5) is 15.5. The highest BCUT2D eigenvalue weighted by Gasteiger charge is 2.39. The smallest absolute Gasteiger partial charge is 0.228 e. The van der Waals surface area contributed by atoms with Gasteiger partial charge in [-0.15, -0.1) is 0 Å². The van der Waals surface area contributed by atoms with E-state index < -0.39 is 0 Å².